The van der Waals surface area contributed by atoms with Gasteiger partial charge in [-0.25, -0.2) is 0 Å². The van der Waals surface area contributed by atoms with Gasteiger partial charge in [0, 0.05) is 13.7 Å². The number of nitrogens with one attached hydrogen (secondary N) is 1. The number of aromatic amines is 1. The number of hydrogen-bond acceptors (Lipinski definition) is 3. The van der Waals surface area contributed by atoms with Crippen molar-refractivity contribution in [2.75, 3.05) is 13.2 Å². The first-order valence-electron chi connectivity index (χ1n) is 6.20. The first-order chi connectivity index (χ1) is 8.50. The molecule has 0 unspecified atom stereocenters. The molecule has 2 heterocycles. The van der Waals surface area contributed by atoms with Crippen LogP contribution in [0.25, 0.3) is 11.2 Å². The summed E-state index contributed by atoms with van der Waals surface area (Å²) in [5.74, 6) is 0.558. The van der Waals surface area contributed by atoms with Crippen LogP contribution in [0.15, 0.2) is 0 Å². The van der Waals surface area contributed by atoms with E-state index in [0.29, 0.717) is 12.5 Å². The van der Waals surface area contributed by atoms with Crippen molar-refractivity contribution in [3.63, 3.8) is 0 Å². The average molecular weight is 268 g/mol. The van der Waals surface area contributed by atoms with Crippen molar-refractivity contribution in [3.8, 4) is 0 Å². The lowest BCUT2D eigenvalue weighted by atomic mass is 10.2. The second-order valence-corrected chi connectivity index (χ2v) is 5.34. The molecular weight excluding hydrogens is 248 g/mol. The predicted molar refractivity (Wildman–Crippen MR) is 74.3 cm³/mol. The van der Waals surface area contributed by atoms with E-state index in [-0.39, 0.29) is 0 Å². The summed E-state index contributed by atoms with van der Waals surface area (Å²) in [5.41, 5.74) is 3.03. The maximum absolute atomic E-state index is 5.61. The molecule has 0 aromatic carbocycles. The maximum atomic E-state index is 5.61. The van der Waals surface area contributed by atoms with E-state index in [1.54, 1.807) is 0 Å². The minimum absolute atomic E-state index is 0.558. The third-order valence-corrected chi connectivity index (χ3v) is 3.16. The molecule has 0 aliphatic rings. The largest absolute Gasteiger partial charge is 0.379 e. The lowest BCUT2D eigenvalue weighted by Gasteiger charge is -2.08. The van der Waals surface area contributed by atoms with E-state index >= 15 is 0 Å². The van der Waals surface area contributed by atoms with Crippen LogP contribution in [-0.4, -0.2) is 32.5 Å². The Morgan fingerprint density at radius 1 is 1.44 bits per heavy atom. The number of hydrogen-bond donors (Lipinski definition) is 1. The molecule has 18 heavy (non-hydrogen) atoms. The van der Waals surface area contributed by atoms with Crippen LogP contribution in [0, 0.1) is 17.6 Å². The number of aromatic nitrogens is 4. The van der Waals surface area contributed by atoms with E-state index in [0.717, 1.165) is 34.8 Å². The number of fused-ring (bicyclic) bond motifs is 1. The van der Waals surface area contributed by atoms with Crippen LogP contribution in [-0.2, 0) is 18.3 Å². The molecule has 5 nitrogen and oxygen atoms in total. The van der Waals surface area contributed by atoms with Gasteiger partial charge in [0.25, 0.3) is 0 Å². The van der Waals surface area contributed by atoms with Gasteiger partial charge in [-0.2, -0.15) is 5.10 Å². The molecule has 1 N–H and O–H groups in total. The Hall–Kier alpha value is -1.14. The van der Waals surface area contributed by atoms with Crippen molar-refractivity contribution in [2.24, 2.45) is 13.0 Å². The molecule has 0 aliphatic heterocycles. The zero-order valence-corrected chi connectivity index (χ0v) is 12.2. The number of ether oxygens (including phenoxy) is 1. The van der Waals surface area contributed by atoms with Gasteiger partial charge in [0.15, 0.2) is 10.4 Å². The van der Waals surface area contributed by atoms with Crippen molar-refractivity contribution < 1.29 is 4.74 Å². The van der Waals surface area contributed by atoms with Crippen LogP contribution < -0.4 is 0 Å². The molecule has 0 amide bonds. The van der Waals surface area contributed by atoms with Crippen molar-refractivity contribution in [1.82, 2.24) is 19.3 Å². The summed E-state index contributed by atoms with van der Waals surface area (Å²) in [7, 11) is 1.93. The summed E-state index contributed by atoms with van der Waals surface area (Å²) in [6.07, 6.45) is 0. The summed E-state index contributed by atoms with van der Waals surface area (Å²) in [4.78, 5) is 3.20. The number of nitrogens with zero attached hydrogens (tertiary/aromatic N) is 3. The lowest BCUT2D eigenvalue weighted by molar-refractivity contribution is 0.103. The molecule has 2 aromatic heterocycles. The Kier molecular flexibility index (Phi) is 3.87. The van der Waals surface area contributed by atoms with Gasteiger partial charge < -0.3 is 9.72 Å². The molecule has 2 aromatic rings. The average Bonchev–Trinajstić information content (AvgIpc) is 2.74. The summed E-state index contributed by atoms with van der Waals surface area (Å²) < 4.78 is 10.2. The Labute approximate surface area is 112 Å². The van der Waals surface area contributed by atoms with Gasteiger partial charge >= 0.3 is 0 Å². The molecule has 2 rings (SSSR count). The monoisotopic (exact) mass is 268 g/mol. The van der Waals surface area contributed by atoms with Crippen LogP contribution >= 0.6 is 12.2 Å². The van der Waals surface area contributed by atoms with Crippen molar-refractivity contribution in [2.45, 2.75) is 27.3 Å². The number of aryl methyl sites for hydroxylation is 2. The van der Waals surface area contributed by atoms with Crippen molar-refractivity contribution in [1.29, 1.82) is 0 Å². The standard InChI is InChI=1S/C12H20N4OS/c1-8(2)7-17-6-5-16-11-10(13-12(16)18)9(3)14-15(11)4/h8H,5-7H2,1-4H3,(H,13,18). The van der Waals surface area contributed by atoms with E-state index < -0.39 is 0 Å². The first kappa shape index (κ1) is 13.3. The molecule has 0 bridgehead atoms. The van der Waals surface area contributed by atoms with Gasteiger partial charge in [-0.1, -0.05) is 13.8 Å². The van der Waals surface area contributed by atoms with Crippen LogP contribution in [0.5, 0.6) is 0 Å². The van der Waals surface area contributed by atoms with Crippen LogP contribution in [0.4, 0.5) is 0 Å². The third-order valence-electron chi connectivity index (χ3n) is 2.84. The molecule has 0 saturated heterocycles. The number of rotatable bonds is 5. The van der Waals surface area contributed by atoms with Crippen LogP contribution in [0.3, 0.4) is 0 Å². The zero-order valence-electron chi connectivity index (χ0n) is 11.4. The van der Waals surface area contributed by atoms with Gasteiger partial charge in [-0.3, -0.25) is 9.25 Å². The smallest absolute Gasteiger partial charge is 0.179 e. The Morgan fingerprint density at radius 3 is 2.83 bits per heavy atom. The van der Waals surface area contributed by atoms with Crippen molar-refractivity contribution in [3.05, 3.63) is 10.5 Å². The van der Waals surface area contributed by atoms with E-state index in [1.807, 2.05) is 23.2 Å². The number of imidazole rings is 1. The summed E-state index contributed by atoms with van der Waals surface area (Å²) >= 11 is 5.34. The molecule has 6 heteroatoms. The lowest BCUT2D eigenvalue weighted by Crippen LogP contribution is -2.11. The van der Waals surface area contributed by atoms with Gasteiger partial charge in [0.2, 0.25) is 0 Å². The SMILES string of the molecule is Cc1nn(C)c2c1[nH]c(=S)n2CCOCC(C)C. The van der Waals surface area contributed by atoms with Gasteiger partial charge in [0.1, 0.15) is 5.52 Å². The molecular formula is C12H20N4OS. The topological polar surface area (TPSA) is 47.8 Å². The predicted octanol–water partition coefficient (Wildman–Crippen LogP) is 2.41. The normalized spacial score (nSPS) is 11.8. The molecule has 0 aliphatic carbocycles. The van der Waals surface area contributed by atoms with Crippen LogP contribution in [0.2, 0.25) is 0 Å². The van der Waals surface area contributed by atoms with E-state index in [2.05, 4.69) is 23.9 Å². The Morgan fingerprint density at radius 2 is 2.17 bits per heavy atom. The first-order valence-corrected chi connectivity index (χ1v) is 6.61. The number of H-pyrrole nitrogens is 1. The van der Waals surface area contributed by atoms with Gasteiger partial charge in [-0.05, 0) is 25.1 Å². The van der Waals surface area contributed by atoms with E-state index in [1.165, 1.54) is 0 Å². The molecule has 100 valence electrons. The molecule has 0 atom stereocenters. The summed E-state index contributed by atoms with van der Waals surface area (Å²) in [5, 5.41) is 4.39. The second kappa shape index (κ2) is 5.24. The van der Waals surface area contributed by atoms with Gasteiger partial charge in [-0.15, -0.1) is 0 Å². The summed E-state index contributed by atoms with van der Waals surface area (Å²) in [6, 6.07) is 0. The fraction of sp³-hybridized carbons (Fsp3) is 0.667. The Balaban J connectivity index is 2.17. The second-order valence-electron chi connectivity index (χ2n) is 4.96. The molecule has 0 fully saturated rings. The quantitative estimate of drug-likeness (QED) is 0.669. The minimum atomic E-state index is 0.558. The maximum Gasteiger partial charge on any atom is 0.179 e. The fourth-order valence-electron chi connectivity index (χ4n) is 2.05. The third kappa shape index (κ3) is 2.49. The zero-order chi connectivity index (χ0) is 13.3. The minimum Gasteiger partial charge on any atom is -0.379 e. The summed E-state index contributed by atoms with van der Waals surface area (Å²) in [6.45, 7) is 8.47. The highest BCUT2D eigenvalue weighted by Crippen LogP contribution is 2.16. The van der Waals surface area contributed by atoms with E-state index in [9.17, 15) is 0 Å². The molecule has 0 saturated carbocycles. The molecule has 0 spiro atoms. The highest BCUT2D eigenvalue weighted by Gasteiger charge is 2.12. The highest BCUT2D eigenvalue weighted by atomic mass is 32.1. The highest BCUT2D eigenvalue weighted by molar-refractivity contribution is 7.71. The van der Waals surface area contributed by atoms with Crippen molar-refractivity contribution >= 4 is 23.4 Å². The Bertz CT molecular complexity index is 593. The fourth-order valence-corrected chi connectivity index (χ4v) is 2.33. The van der Waals surface area contributed by atoms with Gasteiger partial charge in [0.05, 0.1) is 18.8 Å². The van der Waals surface area contributed by atoms with Crippen LogP contribution in [0.1, 0.15) is 19.5 Å². The molecule has 0 radical (unpaired) electrons. The van der Waals surface area contributed by atoms with E-state index in [4.69, 9.17) is 17.0 Å².